The highest BCUT2D eigenvalue weighted by atomic mass is 16.5. The van der Waals surface area contributed by atoms with Gasteiger partial charge < -0.3 is 20.1 Å². The van der Waals surface area contributed by atoms with Crippen LogP contribution >= 0.6 is 0 Å². The predicted octanol–water partition coefficient (Wildman–Crippen LogP) is 5.10. The van der Waals surface area contributed by atoms with Crippen molar-refractivity contribution in [3.63, 3.8) is 0 Å². The van der Waals surface area contributed by atoms with E-state index in [2.05, 4.69) is 15.6 Å². The van der Waals surface area contributed by atoms with Crippen LogP contribution in [0, 0.1) is 0 Å². The molecule has 3 aromatic rings. The fourth-order valence-corrected chi connectivity index (χ4v) is 5.22. The molecule has 188 valence electrons. The molecule has 2 unspecified atom stereocenters. The summed E-state index contributed by atoms with van der Waals surface area (Å²) in [5, 5.41) is 6.37. The monoisotopic (exact) mass is 495 g/mol. The molecule has 1 aliphatic carbocycles. The minimum Gasteiger partial charge on any atom is -0.497 e. The number of carbonyl (C=O) groups is 2. The van der Waals surface area contributed by atoms with Crippen LogP contribution < -0.4 is 20.1 Å². The summed E-state index contributed by atoms with van der Waals surface area (Å²) in [6, 6.07) is 19.0. The maximum absolute atomic E-state index is 13.8. The van der Waals surface area contributed by atoms with Crippen molar-refractivity contribution in [3.8, 4) is 11.5 Å². The highest BCUT2D eigenvalue weighted by Gasteiger charge is 2.41. The molecule has 2 aliphatic rings. The zero-order chi connectivity index (χ0) is 25.9. The Labute approximate surface area is 216 Å². The molecule has 0 fully saturated rings. The van der Waals surface area contributed by atoms with Crippen LogP contribution in [-0.2, 0) is 9.59 Å². The number of dihydropyridines is 1. The zero-order valence-electron chi connectivity index (χ0n) is 21.1. The molecule has 37 heavy (non-hydrogen) atoms. The van der Waals surface area contributed by atoms with Crippen molar-refractivity contribution in [2.45, 2.75) is 31.6 Å². The molecule has 0 radical (unpaired) electrons. The van der Waals surface area contributed by atoms with Gasteiger partial charge in [-0.15, -0.1) is 0 Å². The molecule has 0 saturated carbocycles. The number of rotatable bonds is 6. The summed E-state index contributed by atoms with van der Waals surface area (Å²) in [5.41, 5.74) is 5.31. The van der Waals surface area contributed by atoms with Gasteiger partial charge in [-0.1, -0.05) is 24.3 Å². The minimum atomic E-state index is -0.497. The van der Waals surface area contributed by atoms with Gasteiger partial charge in [0.15, 0.2) is 5.78 Å². The Morgan fingerprint density at radius 3 is 2.19 bits per heavy atom. The number of aromatic nitrogens is 1. The highest BCUT2D eigenvalue weighted by molar-refractivity contribution is 6.09. The van der Waals surface area contributed by atoms with Crippen molar-refractivity contribution in [1.29, 1.82) is 0 Å². The van der Waals surface area contributed by atoms with Crippen LogP contribution in [0.15, 0.2) is 95.6 Å². The van der Waals surface area contributed by atoms with Crippen molar-refractivity contribution in [3.05, 3.63) is 107 Å². The van der Waals surface area contributed by atoms with E-state index < -0.39 is 5.92 Å². The van der Waals surface area contributed by atoms with Gasteiger partial charge in [0, 0.05) is 41.1 Å². The lowest BCUT2D eigenvalue weighted by Crippen LogP contribution is -2.37. The van der Waals surface area contributed by atoms with Crippen LogP contribution in [-0.4, -0.2) is 30.9 Å². The zero-order valence-corrected chi connectivity index (χ0v) is 21.1. The number of ketones is 1. The number of Topliss-reactive ketones (excluding diaryl/α,β-unsaturated/α-hetero) is 1. The minimum absolute atomic E-state index is 0.0366. The largest absolute Gasteiger partial charge is 0.497 e. The number of amides is 1. The van der Waals surface area contributed by atoms with Gasteiger partial charge in [-0.2, -0.15) is 0 Å². The molecule has 2 atom stereocenters. The maximum Gasteiger partial charge on any atom is 0.254 e. The second kappa shape index (κ2) is 10.3. The second-order valence-electron chi connectivity index (χ2n) is 9.26. The van der Waals surface area contributed by atoms with Crippen LogP contribution in [0.5, 0.6) is 11.5 Å². The first kappa shape index (κ1) is 24.3. The molecule has 0 saturated heterocycles. The molecule has 2 aromatic carbocycles. The first-order valence-corrected chi connectivity index (χ1v) is 12.2. The van der Waals surface area contributed by atoms with Crippen molar-refractivity contribution >= 4 is 17.4 Å². The number of hydrogen-bond acceptors (Lipinski definition) is 6. The van der Waals surface area contributed by atoms with Crippen molar-refractivity contribution in [1.82, 2.24) is 10.3 Å². The van der Waals surface area contributed by atoms with Crippen molar-refractivity contribution in [2.75, 3.05) is 19.5 Å². The number of carbonyl (C=O) groups excluding carboxylic acids is 2. The lowest BCUT2D eigenvalue weighted by atomic mass is 9.71. The summed E-state index contributed by atoms with van der Waals surface area (Å²) in [6.07, 6.45) is 4.30. The maximum atomic E-state index is 13.8. The molecule has 1 aromatic heterocycles. The Kier molecular flexibility index (Phi) is 6.77. The topological polar surface area (TPSA) is 89.5 Å². The van der Waals surface area contributed by atoms with Crippen LogP contribution in [0.25, 0.3) is 0 Å². The summed E-state index contributed by atoms with van der Waals surface area (Å²) in [4.78, 5) is 31.5. The lowest BCUT2D eigenvalue weighted by Gasteiger charge is -2.37. The van der Waals surface area contributed by atoms with Gasteiger partial charge in [-0.25, -0.2) is 0 Å². The summed E-state index contributed by atoms with van der Waals surface area (Å²) in [5.74, 6) is 0.806. The first-order chi connectivity index (χ1) is 18.0. The fraction of sp³-hybridized carbons (Fsp3) is 0.233. The normalized spacial score (nSPS) is 19.2. The number of nitrogens with one attached hydrogen (secondary N) is 2. The van der Waals surface area contributed by atoms with E-state index in [0.29, 0.717) is 35.4 Å². The third-order valence-electron chi connectivity index (χ3n) is 7.03. The number of nitrogens with zero attached hydrogens (tertiary/aromatic N) is 1. The van der Waals surface area contributed by atoms with E-state index in [0.717, 1.165) is 28.3 Å². The van der Waals surface area contributed by atoms with Gasteiger partial charge in [0.25, 0.3) is 5.91 Å². The SMILES string of the molecule is COc1ccc(C2CC(=O)C3=C(C2)NC(C)=C(C(=O)Nc2cccnc2)C3c2ccc(OC)cc2)cc1. The van der Waals surface area contributed by atoms with Gasteiger partial charge in [-0.3, -0.25) is 14.6 Å². The third-order valence-corrected chi connectivity index (χ3v) is 7.03. The van der Waals surface area contributed by atoms with Crippen molar-refractivity contribution < 1.29 is 19.1 Å². The van der Waals surface area contributed by atoms with E-state index in [1.165, 1.54) is 0 Å². The number of methoxy groups -OCH3 is 2. The van der Waals surface area contributed by atoms with Crippen LogP contribution in [0.1, 0.15) is 42.7 Å². The van der Waals surface area contributed by atoms with E-state index >= 15 is 0 Å². The number of benzene rings is 2. The highest BCUT2D eigenvalue weighted by Crippen LogP contribution is 2.46. The Balaban J connectivity index is 1.54. The third kappa shape index (κ3) is 4.85. The number of anilines is 1. The summed E-state index contributed by atoms with van der Waals surface area (Å²) >= 11 is 0. The smallest absolute Gasteiger partial charge is 0.254 e. The second-order valence-corrected chi connectivity index (χ2v) is 9.26. The van der Waals surface area contributed by atoms with Gasteiger partial charge in [-0.05, 0) is 66.8 Å². The van der Waals surface area contributed by atoms with Gasteiger partial charge in [0.1, 0.15) is 11.5 Å². The number of allylic oxidation sites excluding steroid dienone is 3. The molecule has 2 heterocycles. The van der Waals surface area contributed by atoms with Crippen LogP contribution in [0.2, 0.25) is 0 Å². The van der Waals surface area contributed by atoms with Gasteiger partial charge >= 0.3 is 0 Å². The summed E-state index contributed by atoms with van der Waals surface area (Å²) < 4.78 is 10.6. The van der Waals surface area contributed by atoms with Gasteiger partial charge in [0.2, 0.25) is 0 Å². The fourth-order valence-electron chi connectivity index (χ4n) is 5.22. The molecule has 5 rings (SSSR count). The average Bonchev–Trinajstić information content (AvgIpc) is 2.92. The summed E-state index contributed by atoms with van der Waals surface area (Å²) in [6.45, 7) is 1.89. The molecule has 7 nitrogen and oxygen atoms in total. The molecule has 0 bridgehead atoms. The molecule has 7 heteroatoms. The Morgan fingerprint density at radius 2 is 1.59 bits per heavy atom. The molecule has 1 amide bonds. The number of ether oxygens (including phenoxy) is 2. The first-order valence-electron chi connectivity index (χ1n) is 12.2. The number of pyridine rings is 1. The average molecular weight is 496 g/mol. The van der Waals surface area contributed by atoms with Gasteiger partial charge in [0.05, 0.1) is 26.1 Å². The van der Waals surface area contributed by atoms with Crippen molar-refractivity contribution in [2.24, 2.45) is 0 Å². The van der Waals surface area contributed by atoms with E-state index in [-0.39, 0.29) is 17.6 Å². The number of hydrogen-bond donors (Lipinski definition) is 2. The lowest BCUT2D eigenvalue weighted by molar-refractivity contribution is -0.116. The van der Waals surface area contributed by atoms with Crippen LogP contribution in [0.4, 0.5) is 5.69 Å². The molecular weight excluding hydrogens is 466 g/mol. The quantitative estimate of drug-likeness (QED) is 0.495. The molecule has 0 spiro atoms. The van der Waals surface area contributed by atoms with E-state index in [9.17, 15) is 9.59 Å². The van der Waals surface area contributed by atoms with Crippen LogP contribution in [0.3, 0.4) is 0 Å². The standard InChI is InChI=1S/C30H29N3O4/c1-18-27(30(35)33-22-5-4-14-31-17-22)28(20-8-12-24(37-3)13-9-20)29-25(32-18)15-21(16-26(29)34)19-6-10-23(36-2)11-7-19/h4-14,17,21,28,32H,15-16H2,1-3H3,(H,33,35). The molecule has 1 aliphatic heterocycles. The summed E-state index contributed by atoms with van der Waals surface area (Å²) in [7, 11) is 3.25. The van der Waals surface area contributed by atoms with E-state index in [4.69, 9.17) is 9.47 Å². The Bertz CT molecular complexity index is 1380. The Morgan fingerprint density at radius 1 is 0.946 bits per heavy atom. The van der Waals surface area contributed by atoms with E-state index in [1.807, 2.05) is 55.5 Å². The van der Waals surface area contributed by atoms with E-state index in [1.54, 1.807) is 38.7 Å². The Hall–Kier alpha value is -4.39. The molecule has 2 N–H and O–H groups in total. The predicted molar refractivity (Wildman–Crippen MR) is 141 cm³/mol. The molecular formula is C30H29N3O4.